The van der Waals surface area contributed by atoms with E-state index in [2.05, 4.69) is 5.32 Å². The second-order valence-electron chi connectivity index (χ2n) is 6.69. The van der Waals surface area contributed by atoms with Gasteiger partial charge in [-0.25, -0.2) is 0 Å². The molecule has 0 heterocycles. The summed E-state index contributed by atoms with van der Waals surface area (Å²) in [5.74, 6) is 0.568. The fourth-order valence-electron chi connectivity index (χ4n) is 3.12. The zero-order valence-corrected chi connectivity index (χ0v) is 17.4. The number of methoxy groups -OCH3 is 1. The van der Waals surface area contributed by atoms with E-state index in [4.69, 9.17) is 4.74 Å². The molecule has 0 aliphatic heterocycles. The van der Waals surface area contributed by atoms with Crippen LogP contribution < -0.4 is 10.1 Å². The number of alkyl halides is 3. The number of benzene rings is 3. The summed E-state index contributed by atoms with van der Waals surface area (Å²) in [5.41, 5.74) is 0.374. The lowest BCUT2D eigenvalue weighted by molar-refractivity contribution is -0.0328. The van der Waals surface area contributed by atoms with Crippen LogP contribution in [0.3, 0.4) is 0 Å². The van der Waals surface area contributed by atoms with Crippen molar-refractivity contribution in [2.75, 3.05) is 12.4 Å². The van der Waals surface area contributed by atoms with Crippen LogP contribution in [0.4, 0.5) is 24.5 Å². The molecule has 0 radical (unpaired) electrons. The van der Waals surface area contributed by atoms with Crippen LogP contribution in [-0.4, -0.2) is 18.4 Å². The molecule has 0 saturated heterocycles. The Labute approximate surface area is 177 Å². The number of ether oxygens (including phenoxy) is 1. The number of Topliss-reactive ketones (excluding diaryl/α,β-unsaturated/α-hetero) is 1. The van der Waals surface area contributed by atoms with Crippen molar-refractivity contribution < 1.29 is 22.7 Å². The number of rotatable bonds is 6. The van der Waals surface area contributed by atoms with E-state index in [-0.39, 0.29) is 22.4 Å². The standard InChI is InChI=1S/C23H20F3NO2S/c1-14-12-17(27-22-13-18(29-3)7-11-21(22)15(2)28)6-10-20(14)16-4-8-19(9-5-16)30-23(24,25)26/h4-13,27H,1-3H3. The number of anilines is 2. The van der Waals surface area contributed by atoms with Gasteiger partial charge in [0, 0.05) is 22.2 Å². The van der Waals surface area contributed by atoms with E-state index in [1.54, 1.807) is 37.4 Å². The molecule has 0 fully saturated rings. The number of carbonyl (C=O) groups is 1. The number of carbonyl (C=O) groups excluding carboxylic acids is 1. The topological polar surface area (TPSA) is 38.3 Å². The lowest BCUT2D eigenvalue weighted by Crippen LogP contribution is -2.01. The molecule has 3 aromatic carbocycles. The van der Waals surface area contributed by atoms with E-state index in [9.17, 15) is 18.0 Å². The van der Waals surface area contributed by atoms with Crippen molar-refractivity contribution in [2.24, 2.45) is 0 Å². The second-order valence-corrected chi connectivity index (χ2v) is 7.83. The molecule has 3 aromatic rings. The zero-order valence-electron chi connectivity index (χ0n) is 16.6. The smallest absolute Gasteiger partial charge is 0.446 e. The quantitative estimate of drug-likeness (QED) is 0.330. The van der Waals surface area contributed by atoms with Crippen molar-refractivity contribution in [3.8, 4) is 16.9 Å². The summed E-state index contributed by atoms with van der Waals surface area (Å²) >= 11 is -0.129. The number of ketones is 1. The van der Waals surface area contributed by atoms with Crippen molar-refractivity contribution in [3.05, 3.63) is 71.8 Å². The Morgan fingerprint density at radius 1 is 1.00 bits per heavy atom. The first-order chi connectivity index (χ1) is 14.2. The number of thioether (sulfide) groups is 1. The molecule has 0 atom stereocenters. The van der Waals surface area contributed by atoms with Crippen LogP contribution in [0.2, 0.25) is 0 Å². The first-order valence-corrected chi connectivity index (χ1v) is 9.91. The second kappa shape index (κ2) is 8.83. The van der Waals surface area contributed by atoms with Crippen molar-refractivity contribution >= 4 is 28.9 Å². The zero-order chi connectivity index (χ0) is 21.9. The SMILES string of the molecule is COc1ccc(C(C)=O)c(Nc2ccc(-c3ccc(SC(F)(F)F)cc3)c(C)c2)c1. The Hall–Kier alpha value is -2.93. The molecule has 3 nitrogen and oxygen atoms in total. The summed E-state index contributed by atoms with van der Waals surface area (Å²) in [5, 5.41) is 3.25. The number of halogens is 3. The highest BCUT2D eigenvalue weighted by molar-refractivity contribution is 8.00. The highest BCUT2D eigenvalue weighted by Crippen LogP contribution is 2.38. The van der Waals surface area contributed by atoms with Crippen LogP contribution in [0, 0.1) is 6.92 Å². The Kier molecular flexibility index (Phi) is 6.41. The van der Waals surface area contributed by atoms with Gasteiger partial charge >= 0.3 is 5.51 Å². The fourth-order valence-corrected chi connectivity index (χ4v) is 3.66. The lowest BCUT2D eigenvalue weighted by Gasteiger charge is -2.14. The maximum absolute atomic E-state index is 12.5. The predicted octanol–water partition coefficient (Wildman–Crippen LogP) is 7.23. The van der Waals surface area contributed by atoms with Gasteiger partial charge in [-0.3, -0.25) is 4.79 Å². The van der Waals surface area contributed by atoms with Crippen LogP contribution in [0.1, 0.15) is 22.8 Å². The van der Waals surface area contributed by atoms with Gasteiger partial charge in [-0.15, -0.1) is 0 Å². The van der Waals surface area contributed by atoms with Crippen molar-refractivity contribution in [3.63, 3.8) is 0 Å². The van der Waals surface area contributed by atoms with Crippen LogP contribution in [-0.2, 0) is 0 Å². The summed E-state index contributed by atoms with van der Waals surface area (Å²) in [4.78, 5) is 12.1. The van der Waals surface area contributed by atoms with Gasteiger partial charge in [0.2, 0.25) is 0 Å². The molecule has 7 heteroatoms. The molecule has 1 N–H and O–H groups in total. The molecule has 3 rings (SSSR count). The summed E-state index contributed by atoms with van der Waals surface area (Å²) in [6.07, 6.45) is 0. The maximum atomic E-state index is 12.5. The van der Waals surface area contributed by atoms with Gasteiger partial charge in [0.1, 0.15) is 5.75 Å². The van der Waals surface area contributed by atoms with Crippen molar-refractivity contribution in [1.82, 2.24) is 0 Å². The Balaban J connectivity index is 1.85. The lowest BCUT2D eigenvalue weighted by atomic mass is 10.00. The molecule has 0 amide bonds. The van der Waals surface area contributed by atoms with E-state index in [1.807, 2.05) is 25.1 Å². The van der Waals surface area contributed by atoms with E-state index in [0.717, 1.165) is 22.4 Å². The van der Waals surface area contributed by atoms with E-state index in [1.165, 1.54) is 19.1 Å². The average Bonchev–Trinajstić information content (AvgIpc) is 2.67. The molecular formula is C23H20F3NO2S. The first kappa shape index (κ1) is 21.8. The first-order valence-electron chi connectivity index (χ1n) is 9.09. The summed E-state index contributed by atoms with van der Waals surface area (Å²) in [6, 6.07) is 17.2. The fraction of sp³-hybridized carbons (Fsp3) is 0.174. The predicted molar refractivity (Wildman–Crippen MR) is 115 cm³/mol. The number of nitrogens with one attached hydrogen (secondary N) is 1. The Morgan fingerprint density at radius 3 is 2.27 bits per heavy atom. The normalized spacial score (nSPS) is 11.3. The summed E-state index contributed by atoms with van der Waals surface area (Å²) < 4.78 is 42.8. The third-order valence-electron chi connectivity index (χ3n) is 4.51. The van der Waals surface area contributed by atoms with Crippen LogP contribution in [0.25, 0.3) is 11.1 Å². The van der Waals surface area contributed by atoms with Gasteiger partial charge in [-0.05, 0) is 78.7 Å². The molecule has 0 bridgehead atoms. The minimum atomic E-state index is -4.30. The van der Waals surface area contributed by atoms with E-state index in [0.29, 0.717) is 17.0 Å². The molecule has 0 aliphatic rings. The van der Waals surface area contributed by atoms with Gasteiger partial charge in [-0.2, -0.15) is 13.2 Å². The highest BCUT2D eigenvalue weighted by Gasteiger charge is 2.29. The number of hydrogen-bond acceptors (Lipinski definition) is 4. The van der Waals surface area contributed by atoms with Crippen LogP contribution in [0.5, 0.6) is 5.75 Å². The van der Waals surface area contributed by atoms with Gasteiger partial charge in [0.15, 0.2) is 5.78 Å². The van der Waals surface area contributed by atoms with E-state index >= 15 is 0 Å². The van der Waals surface area contributed by atoms with Gasteiger partial charge in [-0.1, -0.05) is 18.2 Å². The molecular weight excluding hydrogens is 411 g/mol. The Morgan fingerprint density at radius 2 is 1.70 bits per heavy atom. The van der Waals surface area contributed by atoms with Gasteiger partial charge < -0.3 is 10.1 Å². The molecule has 30 heavy (non-hydrogen) atoms. The molecule has 0 aromatic heterocycles. The molecule has 0 saturated carbocycles. The average molecular weight is 431 g/mol. The molecule has 0 unspecified atom stereocenters. The number of hydrogen-bond donors (Lipinski definition) is 1. The third kappa shape index (κ3) is 5.36. The largest absolute Gasteiger partial charge is 0.497 e. The molecule has 0 spiro atoms. The summed E-state index contributed by atoms with van der Waals surface area (Å²) in [6.45, 7) is 3.43. The van der Waals surface area contributed by atoms with Crippen LogP contribution in [0.15, 0.2) is 65.6 Å². The van der Waals surface area contributed by atoms with E-state index < -0.39 is 5.51 Å². The van der Waals surface area contributed by atoms with Gasteiger partial charge in [0.05, 0.1) is 12.8 Å². The van der Waals surface area contributed by atoms with Crippen molar-refractivity contribution in [2.45, 2.75) is 24.3 Å². The Bertz CT molecular complexity index is 1060. The monoisotopic (exact) mass is 431 g/mol. The molecule has 0 aliphatic carbocycles. The van der Waals surface area contributed by atoms with Gasteiger partial charge in [0.25, 0.3) is 0 Å². The highest BCUT2D eigenvalue weighted by atomic mass is 32.2. The summed E-state index contributed by atoms with van der Waals surface area (Å²) in [7, 11) is 1.56. The van der Waals surface area contributed by atoms with Crippen LogP contribution >= 0.6 is 11.8 Å². The maximum Gasteiger partial charge on any atom is 0.446 e. The van der Waals surface area contributed by atoms with Crippen molar-refractivity contribution in [1.29, 1.82) is 0 Å². The third-order valence-corrected chi connectivity index (χ3v) is 5.25. The minimum absolute atomic E-state index is 0.0645. The molecule has 156 valence electrons. The minimum Gasteiger partial charge on any atom is -0.497 e. The number of aryl methyl sites for hydroxylation is 1.